The van der Waals surface area contributed by atoms with Crippen LogP contribution in [-0.4, -0.2) is 26.7 Å². The molecule has 0 saturated carbocycles. The van der Waals surface area contributed by atoms with Crippen LogP contribution in [0.25, 0.3) is 0 Å². The van der Waals surface area contributed by atoms with Gasteiger partial charge in [-0.05, 0) is 39.5 Å². The van der Waals surface area contributed by atoms with Crippen molar-refractivity contribution in [3.63, 3.8) is 0 Å². The number of nitrogens with one attached hydrogen (secondary N) is 2. The van der Waals surface area contributed by atoms with Crippen molar-refractivity contribution in [1.82, 2.24) is 10.6 Å². The van der Waals surface area contributed by atoms with Crippen LogP contribution in [0.3, 0.4) is 0 Å². The van der Waals surface area contributed by atoms with Crippen molar-refractivity contribution >= 4 is 15.9 Å². The quantitative estimate of drug-likeness (QED) is 0.865. The van der Waals surface area contributed by atoms with Gasteiger partial charge in [-0.2, -0.15) is 0 Å². The Morgan fingerprint density at radius 3 is 2.88 bits per heavy atom. The lowest BCUT2D eigenvalue weighted by Crippen LogP contribution is -2.47. The summed E-state index contributed by atoms with van der Waals surface area (Å²) in [6.45, 7) is 4.31. The summed E-state index contributed by atoms with van der Waals surface area (Å²) in [6.07, 6.45) is 0. The van der Waals surface area contributed by atoms with Gasteiger partial charge in [-0.3, -0.25) is 0 Å². The fraction of sp³-hybridized carbons (Fsp3) is 0.500. The number of ether oxygens (including phenoxy) is 1. The summed E-state index contributed by atoms with van der Waals surface area (Å²) >= 11 is 3.49. The molecule has 0 aliphatic carbocycles. The lowest BCUT2D eigenvalue weighted by atomic mass is 10.0. The standard InChI is InChI=1S/C12H17BrN2O/c1-16-12-3-2-9(4-11(12)13)5-14-6-10-7-15-8-10/h2-4,10,14-15H,5-8H2,1H3. The van der Waals surface area contributed by atoms with Gasteiger partial charge in [-0.1, -0.05) is 6.07 Å². The van der Waals surface area contributed by atoms with E-state index in [0.717, 1.165) is 42.3 Å². The van der Waals surface area contributed by atoms with E-state index in [-0.39, 0.29) is 0 Å². The predicted molar refractivity (Wildman–Crippen MR) is 68.8 cm³/mol. The molecular formula is C12H17BrN2O. The SMILES string of the molecule is COc1ccc(CNCC2CNC2)cc1Br. The van der Waals surface area contributed by atoms with E-state index < -0.39 is 0 Å². The maximum absolute atomic E-state index is 5.19. The van der Waals surface area contributed by atoms with Crippen LogP contribution in [0.15, 0.2) is 22.7 Å². The first-order valence-electron chi connectivity index (χ1n) is 5.53. The van der Waals surface area contributed by atoms with Gasteiger partial charge in [0, 0.05) is 26.2 Å². The van der Waals surface area contributed by atoms with Crippen molar-refractivity contribution in [1.29, 1.82) is 0 Å². The van der Waals surface area contributed by atoms with Crippen LogP contribution < -0.4 is 15.4 Å². The number of rotatable bonds is 5. The molecule has 1 saturated heterocycles. The number of benzene rings is 1. The van der Waals surface area contributed by atoms with E-state index in [4.69, 9.17) is 4.74 Å². The summed E-state index contributed by atoms with van der Waals surface area (Å²) in [5.41, 5.74) is 1.28. The molecule has 2 N–H and O–H groups in total. The van der Waals surface area contributed by atoms with Crippen molar-refractivity contribution in [2.45, 2.75) is 6.54 Å². The topological polar surface area (TPSA) is 33.3 Å². The third-order valence-electron chi connectivity index (χ3n) is 2.84. The highest BCUT2D eigenvalue weighted by Crippen LogP contribution is 2.25. The first-order chi connectivity index (χ1) is 7.79. The second-order valence-electron chi connectivity index (χ2n) is 4.12. The third-order valence-corrected chi connectivity index (χ3v) is 3.46. The zero-order valence-electron chi connectivity index (χ0n) is 9.42. The van der Waals surface area contributed by atoms with Gasteiger partial charge in [0.15, 0.2) is 0 Å². The molecule has 0 atom stereocenters. The van der Waals surface area contributed by atoms with Crippen LogP contribution >= 0.6 is 15.9 Å². The van der Waals surface area contributed by atoms with Gasteiger partial charge in [-0.15, -0.1) is 0 Å². The molecule has 16 heavy (non-hydrogen) atoms. The average Bonchev–Trinajstić information content (AvgIpc) is 2.22. The molecule has 1 aromatic carbocycles. The summed E-state index contributed by atoms with van der Waals surface area (Å²) in [6, 6.07) is 6.19. The van der Waals surface area contributed by atoms with Crippen molar-refractivity contribution in [2.24, 2.45) is 5.92 Å². The Bertz CT molecular complexity index is 353. The summed E-state index contributed by atoms with van der Waals surface area (Å²) in [4.78, 5) is 0. The number of hydrogen-bond acceptors (Lipinski definition) is 3. The minimum absolute atomic E-state index is 0.807. The smallest absolute Gasteiger partial charge is 0.133 e. The Kier molecular flexibility index (Phi) is 4.21. The second kappa shape index (κ2) is 5.66. The van der Waals surface area contributed by atoms with E-state index in [1.54, 1.807) is 7.11 Å². The lowest BCUT2D eigenvalue weighted by Gasteiger charge is -2.27. The Balaban J connectivity index is 1.81. The van der Waals surface area contributed by atoms with Gasteiger partial charge in [0.1, 0.15) is 5.75 Å². The van der Waals surface area contributed by atoms with E-state index in [2.05, 4.69) is 38.7 Å². The molecule has 1 aliphatic rings. The van der Waals surface area contributed by atoms with Gasteiger partial charge >= 0.3 is 0 Å². The molecule has 1 fully saturated rings. The Hall–Kier alpha value is -0.580. The molecular weight excluding hydrogens is 268 g/mol. The van der Waals surface area contributed by atoms with Crippen LogP contribution in [0.2, 0.25) is 0 Å². The molecule has 3 nitrogen and oxygen atoms in total. The summed E-state index contributed by atoms with van der Waals surface area (Å²) in [5.74, 6) is 1.69. The van der Waals surface area contributed by atoms with E-state index in [1.165, 1.54) is 5.56 Å². The van der Waals surface area contributed by atoms with E-state index >= 15 is 0 Å². The molecule has 0 bridgehead atoms. The number of methoxy groups -OCH3 is 1. The normalized spacial score (nSPS) is 15.9. The molecule has 0 radical (unpaired) electrons. The predicted octanol–water partition coefficient (Wildman–Crippen LogP) is 1.77. The molecule has 2 rings (SSSR count). The van der Waals surface area contributed by atoms with Crippen LogP contribution in [0.1, 0.15) is 5.56 Å². The summed E-state index contributed by atoms with van der Waals surface area (Å²) < 4.78 is 6.21. The highest BCUT2D eigenvalue weighted by atomic mass is 79.9. The van der Waals surface area contributed by atoms with Gasteiger partial charge in [0.2, 0.25) is 0 Å². The molecule has 1 aromatic rings. The van der Waals surface area contributed by atoms with Crippen molar-refractivity contribution in [3.05, 3.63) is 28.2 Å². The lowest BCUT2D eigenvalue weighted by molar-refractivity contribution is 0.331. The molecule has 0 unspecified atom stereocenters. The molecule has 88 valence electrons. The molecule has 1 heterocycles. The minimum atomic E-state index is 0.807. The van der Waals surface area contributed by atoms with Gasteiger partial charge < -0.3 is 15.4 Å². The van der Waals surface area contributed by atoms with Gasteiger partial charge in [0.05, 0.1) is 11.6 Å². The largest absolute Gasteiger partial charge is 0.496 e. The van der Waals surface area contributed by atoms with Gasteiger partial charge in [-0.25, -0.2) is 0 Å². The van der Waals surface area contributed by atoms with Crippen molar-refractivity contribution in [3.8, 4) is 5.75 Å². The number of halogens is 1. The Morgan fingerprint density at radius 2 is 2.31 bits per heavy atom. The minimum Gasteiger partial charge on any atom is -0.496 e. The third kappa shape index (κ3) is 2.97. The van der Waals surface area contributed by atoms with Crippen LogP contribution in [0, 0.1) is 5.92 Å². The number of hydrogen-bond donors (Lipinski definition) is 2. The second-order valence-corrected chi connectivity index (χ2v) is 4.98. The molecule has 0 amide bonds. The maximum atomic E-state index is 5.19. The first kappa shape index (κ1) is 11.9. The van der Waals surface area contributed by atoms with E-state index in [1.807, 2.05) is 6.07 Å². The highest BCUT2D eigenvalue weighted by Gasteiger charge is 2.15. The molecule has 0 aromatic heterocycles. The Labute approximate surface area is 105 Å². The zero-order chi connectivity index (χ0) is 11.4. The van der Waals surface area contributed by atoms with Gasteiger partial charge in [0.25, 0.3) is 0 Å². The first-order valence-corrected chi connectivity index (χ1v) is 6.32. The maximum Gasteiger partial charge on any atom is 0.133 e. The average molecular weight is 285 g/mol. The van der Waals surface area contributed by atoms with Crippen LogP contribution in [-0.2, 0) is 6.54 Å². The van der Waals surface area contributed by atoms with E-state index in [0.29, 0.717) is 0 Å². The highest BCUT2D eigenvalue weighted by molar-refractivity contribution is 9.10. The molecule has 1 aliphatic heterocycles. The summed E-state index contributed by atoms with van der Waals surface area (Å²) in [7, 11) is 1.68. The zero-order valence-corrected chi connectivity index (χ0v) is 11.0. The molecule has 0 spiro atoms. The fourth-order valence-corrected chi connectivity index (χ4v) is 2.32. The fourth-order valence-electron chi connectivity index (χ4n) is 1.73. The monoisotopic (exact) mass is 284 g/mol. The Morgan fingerprint density at radius 1 is 1.50 bits per heavy atom. The van der Waals surface area contributed by atoms with Crippen LogP contribution in [0.5, 0.6) is 5.75 Å². The van der Waals surface area contributed by atoms with Crippen molar-refractivity contribution in [2.75, 3.05) is 26.7 Å². The van der Waals surface area contributed by atoms with Crippen molar-refractivity contribution < 1.29 is 4.74 Å². The molecule has 4 heteroatoms. The van der Waals surface area contributed by atoms with E-state index in [9.17, 15) is 0 Å². The van der Waals surface area contributed by atoms with Crippen LogP contribution in [0.4, 0.5) is 0 Å². The summed E-state index contributed by atoms with van der Waals surface area (Å²) in [5, 5.41) is 6.74.